The molecule has 0 atom stereocenters. The first kappa shape index (κ1) is 22.7. The zero-order valence-corrected chi connectivity index (χ0v) is 19.8. The summed E-state index contributed by atoms with van der Waals surface area (Å²) in [5.74, 6) is 2.17. The van der Waals surface area contributed by atoms with Crippen molar-refractivity contribution in [3.63, 3.8) is 0 Å². The quantitative estimate of drug-likeness (QED) is 0.482. The third-order valence-corrected chi connectivity index (χ3v) is 6.77. The molecule has 0 N–H and O–H groups in total. The first-order valence-electron chi connectivity index (χ1n) is 11.8. The second kappa shape index (κ2) is 10.0. The topological polar surface area (TPSA) is 82.0 Å². The van der Waals surface area contributed by atoms with Crippen LogP contribution in [0.2, 0.25) is 0 Å². The van der Waals surface area contributed by atoms with Crippen LogP contribution >= 0.6 is 0 Å². The molecule has 0 saturated carbocycles. The fraction of sp³-hybridized carbons (Fsp3) is 0.458. The van der Waals surface area contributed by atoms with Gasteiger partial charge in [0, 0.05) is 43.9 Å². The van der Waals surface area contributed by atoms with Gasteiger partial charge < -0.3 is 28.5 Å². The van der Waals surface area contributed by atoms with Gasteiger partial charge in [0.1, 0.15) is 19.0 Å². The largest absolute Gasteiger partial charge is 0.495 e. The summed E-state index contributed by atoms with van der Waals surface area (Å²) in [5, 5.41) is 0. The predicted molar refractivity (Wildman–Crippen MR) is 131 cm³/mol. The summed E-state index contributed by atoms with van der Waals surface area (Å²) in [7, 11) is 3.77. The standard InChI is InChI=1S/C24H30BN5O4/c1-32-19-13-21-20(27-14-19)2-3-24(31)29(21)9-8-28-6-4-18(5-7-28)30(25)16-17-12-22-23(15-26-17)34-11-10-33-22/h2-3,12-15,18H,4-11,16,25H2,1H3. The van der Waals surface area contributed by atoms with E-state index in [1.165, 1.54) is 0 Å². The fourth-order valence-corrected chi connectivity index (χ4v) is 4.78. The second-order valence-corrected chi connectivity index (χ2v) is 8.91. The number of piperidine rings is 1. The number of pyridine rings is 3. The second-order valence-electron chi connectivity index (χ2n) is 8.91. The first-order valence-corrected chi connectivity index (χ1v) is 11.8. The lowest BCUT2D eigenvalue weighted by Crippen LogP contribution is -2.44. The number of fused-ring (bicyclic) bond motifs is 2. The van der Waals surface area contributed by atoms with Crippen LogP contribution in [0.4, 0.5) is 0 Å². The molecule has 1 fully saturated rings. The number of methoxy groups -OCH3 is 1. The average molecular weight is 463 g/mol. The molecular formula is C24H30BN5O4. The molecule has 0 aromatic carbocycles. The van der Waals surface area contributed by atoms with Crippen LogP contribution < -0.4 is 19.8 Å². The predicted octanol–water partition coefficient (Wildman–Crippen LogP) is 1.09. The minimum atomic E-state index is -0.0101. The van der Waals surface area contributed by atoms with Crippen LogP contribution in [0.15, 0.2) is 41.5 Å². The Hall–Kier alpha value is -3.11. The highest BCUT2D eigenvalue weighted by atomic mass is 16.6. The van der Waals surface area contributed by atoms with Gasteiger partial charge in [0.25, 0.3) is 5.56 Å². The van der Waals surface area contributed by atoms with E-state index in [-0.39, 0.29) is 5.56 Å². The van der Waals surface area contributed by atoms with Gasteiger partial charge in [-0.1, -0.05) is 0 Å². The van der Waals surface area contributed by atoms with Crippen LogP contribution in [0.5, 0.6) is 17.2 Å². The smallest absolute Gasteiger partial charge is 0.251 e. The maximum atomic E-state index is 12.6. The zero-order valence-electron chi connectivity index (χ0n) is 19.8. The van der Waals surface area contributed by atoms with Crippen molar-refractivity contribution in [1.29, 1.82) is 0 Å². The van der Waals surface area contributed by atoms with E-state index in [4.69, 9.17) is 14.2 Å². The van der Waals surface area contributed by atoms with Gasteiger partial charge in [-0.2, -0.15) is 0 Å². The molecule has 2 aliphatic rings. The number of likely N-dealkylation sites (tertiary alicyclic amines) is 1. The molecule has 9 nitrogen and oxygen atoms in total. The number of nitrogens with zero attached hydrogens (tertiary/aromatic N) is 5. The Balaban J connectivity index is 1.16. The molecule has 0 spiro atoms. The van der Waals surface area contributed by atoms with E-state index < -0.39 is 0 Å². The molecule has 5 rings (SSSR count). The zero-order chi connectivity index (χ0) is 23.5. The SMILES string of the molecule is BN(Cc1cc2c(cn1)OCCO2)C1CCN(CCn2c(=O)ccc3ncc(OC)cc32)CC1. The Morgan fingerprint density at radius 1 is 1.09 bits per heavy atom. The minimum Gasteiger partial charge on any atom is -0.495 e. The molecule has 1 saturated heterocycles. The van der Waals surface area contributed by atoms with E-state index in [0.717, 1.165) is 67.2 Å². The van der Waals surface area contributed by atoms with Gasteiger partial charge in [-0.3, -0.25) is 14.8 Å². The van der Waals surface area contributed by atoms with Crippen molar-refractivity contribution >= 4 is 19.0 Å². The average Bonchev–Trinajstić information content (AvgIpc) is 2.88. The van der Waals surface area contributed by atoms with E-state index >= 15 is 0 Å². The highest BCUT2D eigenvalue weighted by Crippen LogP contribution is 2.30. The summed E-state index contributed by atoms with van der Waals surface area (Å²) in [5.41, 5.74) is 2.60. The fourth-order valence-electron chi connectivity index (χ4n) is 4.78. The van der Waals surface area contributed by atoms with Crippen molar-refractivity contribution < 1.29 is 14.2 Å². The molecule has 0 radical (unpaired) electrons. The molecule has 0 aliphatic carbocycles. The molecule has 0 bridgehead atoms. The van der Waals surface area contributed by atoms with Gasteiger partial charge in [0.05, 0.1) is 36.2 Å². The molecule has 0 unspecified atom stereocenters. The van der Waals surface area contributed by atoms with E-state index in [9.17, 15) is 4.79 Å². The van der Waals surface area contributed by atoms with Crippen LogP contribution in [-0.4, -0.2) is 78.2 Å². The summed E-state index contributed by atoms with van der Waals surface area (Å²) >= 11 is 0. The highest BCUT2D eigenvalue weighted by molar-refractivity contribution is 6.04. The maximum Gasteiger partial charge on any atom is 0.251 e. The third kappa shape index (κ3) is 4.88. The van der Waals surface area contributed by atoms with Crippen molar-refractivity contribution in [3.8, 4) is 17.2 Å². The summed E-state index contributed by atoms with van der Waals surface area (Å²) in [4.78, 5) is 26.3. The van der Waals surface area contributed by atoms with Crippen LogP contribution in [0.25, 0.3) is 11.0 Å². The van der Waals surface area contributed by atoms with Crippen molar-refractivity contribution in [3.05, 3.63) is 52.7 Å². The van der Waals surface area contributed by atoms with Crippen molar-refractivity contribution in [2.45, 2.75) is 32.0 Å². The van der Waals surface area contributed by atoms with Gasteiger partial charge in [-0.25, -0.2) is 0 Å². The maximum absolute atomic E-state index is 12.6. The number of ether oxygens (including phenoxy) is 3. The van der Waals surface area contributed by atoms with Crippen LogP contribution in [-0.2, 0) is 13.1 Å². The number of rotatable bonds is 7. The summed E-state index contributed by atoms with van der Waals surface area (Å²) in [6.07, 6.45) is 5.61. The van der Waals surface area contributed by atoms with Gasteiger partial charge in [0.15, 0.2) is 19.5 Å². The van der Waals surface area contributed by atoms with Crippen molar-refractivity contribution in [2.24, 2.45) is 0 Å². The van der Waals surface area contributed by atoms with Gasteiger partial charge >= 0.3 is 0 Å². The molecule has 0 amide bonds. The Bertz CT molecular complexity index is 1210. The highest BCUT2D eigenvalue weighted by Gasteiger charge is 2.23. The summed E-state index contributed by atoms with van der Waals surface area (Å²) in [6, 6.07) is 7.74. The van der Waals surface area contributed by atoms with E-state index in [1.54, 1.807) is 36.2 Å². The van der Waals surface area contributed by atoms with Gasteiger partial charge in [0.2, 0.25) is 0 Å². The normalized spacial score (nSPS) is 16.8. The molecule has 34 heavy (non-hydrogen) atoms. The molecule has 10 heteroatoms. The van der Waals surface area contributed by atoms with Gasteiger partial charge in [-0.15, -0.1) is 0 Å². The van der Waals surface area contributed by atoms with Gasteiger partial charge in [-0.05, 0) is 32.0 Å². The lowest BCUT2D eigenvalue weighted by Gasteiger charge is -2.37. The van der Waals surface area contributed by atoms with Crippen LogP contribution in [0.1, 0.15) is 18.5 Å². The molecule has 5 heterocycles. The van der Waals surface area contributed by atoms with Crippen LogP contribution in [0.3, 0.4) is 0 Å². The van der Waals surface area contributed by atoms with E-state index in [1.807, 2.05) is 12.1 Å². The molecule has 3 aromatic heterocycles. The minimum absolute atomic E-state index is 0.0101. The lowest BCUT2D eigenvalue weighted by atomic mass is 9.99. The van der Waals surface area contributed by atoms with Crippen molar-refractivity contribution in [1.82, 2.24) is 24.2 Å². The van der Waals surface area contributed by atoms with Crippen LogP contribution in [0, 0.1) is 0 Å². The van der Waals surface area contributed by atoms with E-state index in [2.05, 4.69) is 27.7 Å². The molecule has 178 valence electrons. The monoisotopic (exact) mass is 463 g/mol. The first-order chi connectivity index (χ1) is 16.6. The summed E-state index contributed by atoms with van der Waals surface area (Å²) in [6.45, 7) is 5.41. The number of hydrogen-bond acceptors (Lipinski definition) is 8. The Kier molecular flexibility index (Phi) is 6.69. The number of aromatic nitrogens is 3. The third-order valence-electron chi connectivity index (χ3n) is 6.77. The summed E-state index contributed by atoms with van der Waals surface area (Å²) < 4.78 is 18.4. The molecular weight excluding hydrogens is 433 g/mol. The Morgan fingerprint density at radius 2 is 1.88 bits per heavy atom. The van der Waals surface area contributed by atoms with E-state index in [0.29, 0.717) is 31.5 Å². The molecule has 2 aliphatic heterocycles. The van der Waals surface area contributed by atoms with Crippen molar-refractivity contribution in [2.75, 3.05) is 40.0 Å². The Labute approximate surface area is 199 Å². The molecule has 3 aromatic rings. The lowest BCUT2D eigenvalue weighted by molar-refractivity contribution is 0.153. The Morgan fingerprint density at radius 3 is 2.68 bits per heavy atom. The number of hydrogen-bond donors (Lipinski definition) is 0.